The molecular formula is C19H25BO6S. The second-order valence-corrected chi connectivity index (χ2v) is 9.53. The molecule has 27 heavy (non-hydrogen) atoms. The quantitative estimate of drug-likeness (QED) is 0.561. The van der Waals surface area contributed by atoms with Crippen LogP contribution in [0.5, 0.6) is 0 Å². The average Bonchev–Trinajstić information content (AvgIpc) is 2.74. The molecule has 3 aliphatic rings. The first-order valence-electron chi connectivity index (χ1n) is 9.28. The molecule has 0 spiro atoms. The smallest absolute Gasteiger partial charge is 0.454 e. The van der Waals surface area contributed by atoms with Crippen LogP contribution in [-0.4, -0.2) is 62.1 Å². The van der Waals surface area contributed by atoms with Gasteiger partial charge in [-0.1, -0.05) is 6.07 Å². The highest BCUT2D eigenvalue weighted by atomic mass is 32.2. The van der Waals surface area contributed by atoms with Crippen molar-refractivity contribution in [3.63, 3.8) is 0 Å². The topological polar surface area (TPSA) is 63.2 Å². The van der Waals surface area contributed by atoms with Crippen LogP contribution < -0.4 is 5.46 Å². The third kappa shape index (κ3) is 3.78. The molecule has 3 aliphatic heterocycles. The normalized spacial score (nSPS) is 24.4. The average molecular weight is 392 g/mol. The lowest BCUT2D eigenvalue weighted by Crippen LogP contribution is -2.41. The van der Waals surface area contributed by atoms with E-state index >= 15 is 0 Å². The summed E-state index contributed by atoms with van der Waals surface area (Å²) in [7, 11) is -0.461. The summed E-state index contributed by atoms with van der Waals surface area (Å²) in [5.74, 6) is -0.313. The minimum Gasteiger partial charge on any atom is -0.454 e. The molecule has 0 amide bonds. The zero-order chi connectivity index (χ0) is 19.2. The highest BCUT2D eigenvalue weighted by molar-refractivity contribution is 8.00. The fourth-order valence-corrected chi connectivity index (χ4v) is 4.06. The number of thioether (sulfide) groups is 1. The molecule has 0 radical (unpaired) electrons. The second-order valence-electron chi connectivity index (χ2n) is 8.19. The van der Waals surface area contributed by atoms with Crippen molar-refractivity contribution >= 4 is 30.3 Å². The summed E-state index contributed by atoms with van der Waals surface area (Å²) < 4.78 is 28.2. The Hall–Kier alpha value is -1.06. The van der Waals surface area contributed by atoms with Crippen LogP contribution >= 0.6 is 11.8 Å². The third-order valence-electron chi connectivity index (χ3n) is 5.53. The Labute approximate surface area is 164 Å². The molecule has 0 unspecified atom stereocenters. The summed E-state index contributed by atoms with van der Waals surface area (Å²) >= 11 is 1.64. The van der Waals surface area contributed by atoms with Crippen LogP contribution in [0.15, 0.2) is 23.1 Å². The Kier molecular flexibility index (Phi) is 5.05. The zero-order valence-electron chi connectivity index (χ0n) is 16.2. The molecule has 3 fully saturated rings. The van der Waals surface area contributed by atoms with E-state index in [0.717, 1.165) is 10.4 Å². The highest BCUT2D eigenvalue weighted by Crippen LogP contribution is 2.37. The molecule has 3 heterocycles. The van der Waals surface area contributed by atoms with E-state index in [4.69, 9.17) is 23.5 Å². The van der Waals surface area contributed by atoms with Crippen molar-refractivity contribution < 1.29 is 28.3 Å². The molecule has 8 heteroatoms. The van der Waals surface area contributed by atoms with Crippen LogP contribution in [0.3, 0.4) is 0 Å². The number of carbonyl (C=O) groups is 1. The van der Waals surface area contributed by atoms with Gasteiger partial charge in [-0.05, 0) is 45.3 Å². The van der Waals surface area contributed by atoms with Crippen molar-refractivity contribution in [1.82, 2.24) is 0 Å². The lowest BCUT2D eigenvalue weighted by Gasteiger charge is -2.32. The number of esters is 1. The molecule has 3 saturated heterocycles. The maximum atomic E-state index is 12.6. The van der Waals surface area contributed by atoms with E-state index in [1.807, 2.05) is 45.9 Å². The molecule has 4 rings (SSSR count). The van der Waals surface area contributed by atoms with Gasteiger partial charge >= 0.3 is 13.1 Å². The van der Waals surface area contributed by atoms with Crippen LogP contribution in [-0.2, 0) is 23.5 Å². The SMILES string of the molecule is CC1(C)OB(c2ccc(C(=O)OC3COC3)c(SC3COC3)c2)OC1(C)C. The monoisotopic (exact) mass is 392 g/mol. The largest absolute Gasteiger partial charge is 0.494 e. The van der Waals surface area contributed by atoms with Crippen LogP contribution in [0.2, 0.25) is 0 Å². The number of benzene rings is 1. The van der Waals surface area contributed by atoms with E-state index in [2.05, 4.69) is 0 Å². The van der Waals surface area contributed by atoms with E-state index in [-0.39, 0.29) is 12.1 Å². The van der Waals surface area contributed by atoms with Gasteiger partial charge in [-0.15, -0.1) is 11.8 Å². The fourth-order valence-electron chi connectivity index (χ4n) is 2.89. The number of hydrogen-bond donors (Lipinski definition) is 0. The van der Waals surface area contributed by atoms with Crippen LogP contribution in [0, 0.1) is 0 Å². The van der Waals surface area contributed by atoms with Crippen LogP contribution in [0.25, 0.3) is 0 Å². The van der Waals surface area contributed by atoms with Gasteiger partial charge in [-0.3, -0.25) is 0 Å². The predicted molar refractivity (Wildman–Crippen MR) is 103 cm³/mol. The summed E-state index contributed by atoms with van der Waals surface area (Å²) in [6.45, 7) is 10.4. The summed E-state index contributed by atoms with van der Waals surface area (Å²) in [6.07, 6.45) is -0.148. The summed E-state index contributed by atoms with van der Waals surface area (Å²) in [6, 6.07) is 5.68. The lowest BCUT2D eigenvalue weighted by molar-refractivity contribution is -0.103. The molecule has 1 aromatic rings. The molecule has 0 aromatic heterocycles. The molecule has 0 atom stereocenters. The van der Waals surface area contributed by atoms with Gasteiger partial charge in [0.1, 0.15) is 6.10 Å². The first-order chi connectivity index (χ1) is 12.7. The minimum absolute atomic E-state index is 0.148. The molecular weight excluding hydrogens is 367 g/mol. The molecule has 0 aliphatic carbocycles. The Balaban J connectivity index is 1.58. The maximum Gasteiger partial charge on any atom is 0.494 e. The highest BCUT2D eigenvalue weighted by Gasteiger charge is 2.51. The Morgan fingerprint density at radius 2 is 1.70 bits per heavy atom. The van der Waals surface area contributed by atoms with Crippen LogP contribution in [0.1, 0.15) is 38.1 Å². The van der Waals surface area contributed by atoms with Crippen molar-refractivity contribution in [3.8, 4) is 0 Å². The number of rotatable bonds is 5. The van der Waals surface area contributed by atoms with Gasteiger partial charge in [0.05, 0.1) is 48.4 Å². The van der Waals surface area contributed by atoms with Crippen LogP contribution in [0.4, 0.5) is 0 Å². The third-order valence-corrected chi connectivity index (χ3v) is 6.73. The Morgan fingerprint density at radius 3 is 2.22 bits per heavy atom. The van der Waals surface area contributed by atoms with Crippen molar-refractivity contribution in [3.05, 3.63) is 23.8 Å². The van der Waals surface area contributed by atoms with Crippen molar-refractivity contribution in [2.45, 2.75) is 55.1 Å². The first kappa shape index (κ1) is 19.3. The molecule has 1 aromatic carbocycles. The van der Waals surface area contributed by atoms with E-state index in [1.54, 1.807) is 11.8 Å². The van der Waals surface area contributed by atoms with Gasteiger partial charge < -0.3 is 23.5 Å². The van der Waals surface area contributed by atoms with E-state index < -0.39 is 18.3 Å². The van der Waals surface area contributed by atoms with Crippen molar-refractivity contribution in [2.24, 2.45) is 0 Å². The van der Waals surface area contributed by atoms with Gasteiger partial charge in [0.25, 0.3) is 0 Å². The minimum atomic E-state index is -0.461. The van der Waals surface area contributed by atoms with Crippen molar-refractivity contribution in [2.75, 3.05) is 26.4 Å². The molecule has 0 saturated carbocycles. The van der Waals surface area contributed by atoms with Gasteiger partial charge in [-0.2, -0.15) is 0 Å². The number of carbonyl (C=O) groups excluding carboxylic acids is 1. The van der Waals surface area contributed by atoms with Gasteiger partial charge in [0.15, 0.2) is 0 Å². The fraction of sp³-hybridized carbons (Fsp3) is 0.632. The van der Waals surface area contributed by atoms with Gasteiger partial charge in [-0.25, -0.2) is 4.79 Å². The summed E-state index contributed by atoms with van der Waals surface area (Å²) in [5, 5.41) is 0.345. The zero-order valence-corrected chi connectivity index (χ0v) is 17.0. The molecule has 6 nitrogen and oxygen atoms in total. The predicted octanol–water partition coefficient (Wildman–Crippen LogP) is 2.03. The molecule has 146 valence electrons. The van der Waals surface area contributed by atoms with E-state index in [1.165, 1.54) is 0 Å². The van der Waals surface area contributed by atoms with Gasteiger partial charge in [0.2, 0.25) is 0 Å². The molecule has 0 N–H and O–H groups in total. The standard InChI is InChI=1S/C19H25BO6S/c1-18(2)19(3,4)26-20(25-18)12-5-6-15(17(21)24-13-8-22-9-13)16(7-12)27-14-10-23-11-14/h5-7,13-14H,8-11H2,1-4H3. The summed E-state index contributed by atoms with van der Waals surface area (Å²) in [5.41, 5.74) is 0.655. The van der Waals surface area contributed by atoms with Crippen molar-refractivity contribution in [1.29, 1.82) is 0 Å². The Morgan fingerprint density at radius 1 is 1.07 bits per heavy atom. The Bertz CT molecular complexity index is 713. The van der Waals surface area contributed by atoms with E-state index in [9.17, 15) is 4.79 Å². The molecule has 0 bridgehead atoms. The maximum absolute atomic E-state index is 12.6. The van der Waals surface area contributed by atoms with E-state index in [0.29, 0.717) is 37.2 Å². The van der Waals surface area contributed by atoms with Gasteiger partial charge in [0, 0.05) is 4.90 Å². The number of ether oxygens (including phenoxy) is 3. The number of hydrogen-bond acceptors (Lipinski definition) is 7. The second kappa shape index (κ2) is 7.08. The lowest BCUT2D eigenvalue weighted by atomic mass is 9.79. The summed E-state index contributed by atoms with van der Waals surface area (Å²) in [4.78, 5) is 13.5. The first-order valence-corrected chi connectivity index (χ1v) is 10.2.